The van der Waals surface area contributed by atoms with Crippen LogP contribution in [0, 0.1) is 12.7 Å². The Morgan fingerprint density at radius 1 is 1.00 bits per heavy atom. The number of ketones is 1. The number of carbonyl (C=O) groups is 1. The average Bonchev–Trinajstić information content (AvgIpc) is 2.67. The van der Waals surface area contributed by atoms with Gasteiger partial charge in [0.25, 0.3) is 0 Å². The molecule has 0 aromatic heterocycles. The first-order valence-corrected chi connectivity index (χ1v) is 10.3. The molecule has 0 saturated heterocycles. The lowest BCUT2D eigenvalue weighted by Gasteiger charge is -2.13. The SMILES string of the molecule is Cc1c(-c2ccccc2)ccc(F)c1C(=O)CNS(=O)(=O)c1ccccc1Cl. The first kappa shape index (κ1) is 20.2. The molecule has 0 bridgehead atoms. The summed E-state index contributed by atoms with van der Waals surface area (Å²) in [7, 11) is -4.01. The zero-order valence-corrected chi connectivity index (χ0v) is 16.5. The van der Waals surface area contributed by atoms with Crippen molar-refractivity contribution in [1.82, 2.24) is 4.72 Å². The molecule has 0 radical (unpaired) electrons. The Bertz CT molecular complexity index is 1130. The second-order valence-electron chi connectivity index (χ2n) is 6.14. The molecule has 3 aromatic carbocycles. The van der Waals surface area contributed by atoms with Crippen LogP contribution in [-0.4, -0.2) is 20.7 Å². The van der Waals surface area contributed by atoms with Gasteiger partial charge >= 0.3 is 0 Å². The van der Waals surface area contributed by atoms with E-state index in [1.807, 2.05) is 30.3 Å². The fourth-order valence-electron chi connectivity index (χ4n) is 2.94. The van der Waals surface area contributed by atoms with E-state index < -0.39 is 28.2 Å². The summed E-state index contributed by atoms with van der Waals surface area (Å²) in [5.74, 6) is -1.36. The molecule has 4 nitrogen and oxygen atoms in total. The van der Waals surface area contributed by atoms with Gasteiger partial charge < -0.3 is 0 Å². The maximum Gasteiger partial charge on any atom is 0.242 e. The zero-order valence-electron chi connectivity index (χ0n) is 14.9. The molecule has 0 aliphatic heterocycles. The standard InChI is InChI=1S/C21H17ClFNO3S/c1-14-16(15-7-3-2-4-8-15)11-12-18(23)21(14)19(25)13-24-28(26,27)20-10-6-5-9-17(20)22/h2-12,24H,13H2,1H3. The van der Waals surface area contributed by atoms with Crippen LogP contribution in [0.25, 0.3) is 11.1 Å². The summed E-state index contributed by atoms with van der Waals surface area (Å²) in [6.45, 7) is 1.06. The Morgan fingerprint density at radius 3 is 2.32 bits per heavy atom. The van der Waals surface area contributed by atoms with Gasteiger partial charge in [0.2, 0.25) is 10.0 Å². The molecular weight excluding hydrogens is 401 g/mol. The molecule has 0 spiro atoms. The molecule has 7 heteroatoms. The van der Waals surface area contributed by atoms with Gasteiger partial charge in [0.15, 0.2) is 5.78 Å². The molecule has 28 heavy (non-hydrogen) atoms. The van der Waals surface area contributed by atoms with Gasteiger partial charge in [0, 0.05) is 0 Å². The third kappa shape index (κ3) is 4.14. The van der Waals surface area contributed by atoms with Crippen molar-refractivity contribution in [3.63, 3.8) is 0 Å². The number of sulfonamides is 1. The lowest BCUT2D eigenvalue weighted by molar-refractivity contribution is 0.0992. The maximum absolute atomic E-state index is 14.4. The second-order valence-corrected chi connectivity index (χ2v) is 8.28. The van der Waals surface area contributed by atoms with Crippen LogP contribution in [0.3, 0.4) is 0 Å². The van der Waals surface area contributed by atoms with Crippen molar-refractivity contribution < 1.29 is 17.6 Å². The summed E-state index contributed by atoms with van der Waals surface area (Å²) < 4.78 is 41.4. The topological polar surface area (TPSA) is 63.2 Å². The minimum atomic E-state index is -4.01. The van der Waals surface area contributed by atoms with Crippen molar-refractivity contribution in [1.29, 1.82) is 0 Å². The number of benzene rings is 3. The zero-order chi connectivity index (χ0) is 20.3. The van der Waals surface area contributed by atoms with Gasteiger partial charge in [0.05, 0.1) is 17.1 Å². The van der Waals surface area contributed by atoms with Gasteiger partial charge in [-0.05, 0) is 41.8 Å². The van der Waals surface area contributed by atoms with Crippen LogP contribution in [0.1, 0.15) is 15.9 Å². The third-order valence-corrected chi connectivity index (χ3v) is 6.23. The molecular formula is C21H17ClFNO3S. The minimum Gasteiger partial charge on any atom is -0.293 e. The summed E-state index contributed by atoms with van der Waals surface area (Å²) in [4.78, 5) is 12.5. The van der Waals surface area contributed by atoms with Crippen LogP contribution in [0.5, 0.6) is 0 Å². The van der Waals surface area contributed by atoms with Gasteiger partial charge in [-0.2, -0.15) is 0 Å². The molecule has 144 valence electrons. The van der Waals surface area contributed by atoms with E-state index in [9.17, 15) is 17.6 Å². The van der Waals surface area contributed by atoms with Crippen LogP contribution in [0.4, 0.5) is 4.39 Å². The summed E-state index contributed by atoms with van der Waals surface area (Å²) in [6.07, 6.45) is 0. The first-order valence-electron chi connectivity index (χ1n) is 8.43. The highest BCUT2D eigenvalue weighted by Gasteiger charge is 2.22. The maximum atomic E-state index is 14.4. The largest absolute Gasteiger partial charge is 0.293 e. The lowest BCUT2D eigenvalue weighted by atomic mass is 9.94. The highest BCUT2D eigenvalue weighted by Crippen LogP contribution is 2.28. The molecule has 3 rings (SSSR count). The molecule has 0 atom stereocenters. The van der Waals surface area contributed by atoms with E-state index in [4.69, 9.17) is 11.6 Å². The highest BCUT2D eigenvalue weighted by molar-refractivity contribution is 7.89. The molecule has 0 saturated carbocycles. The summed E-state index contributed by atoms with van der Waals surface area (Å²) in [6, 6.07) is 18.0. The molecule has 1 N–H and O–H groups in total. The first-order chi connectivity index (χ1) is 13.3. The normalized spacial score (nSPS) is 11.4. The van der Waals surface area contributed by atoms with Gasteiger partial charge in [-0.25, -0.2) is 17.5 Å². The molecule has 0 aliphatic carbocycles. The van der Waals surface area contributed by atoms with Gasteiger partial charge in [-0.1, -0.05) is 60.1 Å². The Kier molecular flexibility index (Phi) is 5.93. The highest BCUT2D eigenvalue weighted by atomic mass is 35.5. The lowest BCUT2D eigenvalue weighted by Crippen LogP contribution is -2.30. The Labute approximate surface area is 168 Å². The quantitative estimate of drug-likeness (QED) is 0.595. The van der Waals surface area contributed by atoms with E-state index in [-0.39, 0.29) is 15.5 Å². The predicted molar refractivity (Wildman–Crippen MR) is 108 cm³/mol. The van der Waals surface area contributed by atoms with E-state index in [0.717, 1.165) is 5.56 Å². The van der Waals surface area contributed by atoms with Crippen LogP contribution in [0.15, 0.2) is 71.6 Å². The number of halogens is 2. The van der Waals surface area contributed by atoms with E-state index >= 15 is 0 Å². The fourth-order valence-corrected chi connectivity index (χ4v) is 4.44. The molecule has 0 amide bonds. The molecule has 0 aliphatic rings. The number of hydrogen-bond donors (Lipinski definition) is 1. The van der Waals surface area contributed by atoms with Crippen LogP contribution in [-0.2, 0) is 10.0 Å². The Balaban J connectivity index is 1.88. The van der Waals surface area contributed by atoms with Crippen molar-refractivity contribution >= 4 is 27.4 Å². The van der Waals surface area contributed by atoms with Gasteiger partial charge in [-0.15, -0.1) is 0 Å². The van der Waals surface area contributed by atoms with Crippen molar-refractivity contribution in [3.8, 4) is 11.1 Å². The number of Topliss-reactive ketones (excluding diaryl/α,β-unsaturated/α-hetero) is 1. The number of hydrogen-bond acceptors (Lipinski definition) is 3. The minimum absolute atomic E-state index is 0.0379. The molecule has 0 unspecified atom stereocenters. The van der Waals surface area contributed by atoms with Crippen molar-refractivity contribution in [2.24, 2.45) is 0 Å². The van der Waals surface area contributed by atoms with Crippen LogP contribution < -0.4 is 4.72 Å². The van der Waals surface area contributed by atoms with E-state index in [1.165, 1.54) is 24.3 Å². The van der Waals surface area contributed by atoms with Crippen molar-refractivity contribution in [3.05, 3.63) is 88.7 Å². The summed E-state index contributed by atoms with van der Waals surface area (Å²) in [5.41, 5.74) is 1.86. The number of carbonyl (C=O) groups excluding carboxylic acids is 1. The third-order valence-electron chi connectivity index (χ3n) is 4.33. The van der Waals surface area contributed by atoms with Crippen LogP contribution >= 0.6 is 11.6 Å². The summed E-state index contributed by atoms with van der Waals surface area (Å²) >= 11 is 5.92. The number of nitrogens with one attached hydrogen (secondary N) is 1. The van der Waals surface area contributed by atoms with Gasteiger partial charge in [-0.3, -0.25) is 4.79 Å². The molecule has 0 heterocycles. The van der Waals surface area contributed by atoms with Crippen molar-refractivity contribution in [2.75, 3.05) is 6.54 Å². The predicted octanol–water partition coefficient (Wildman–Crippen LogP) is 4.62. The van der Waals surface area contributed by atoms with Crippen LogP contribution in [0.2, 0.25) is 5.02 Å². The Morgan fingerprint density at radius 2 is 1.64 bits per heavy atom. The van der Waals surface area contributed by atoms with Crippen molar-refractivity contribution in [2.45, 2.75) is 11.8 Å². The molecule has 0 fully saturated rings. The smallest absolute Gasteiger partial charge is 0.242 e. The molecule has 3 aromatic rings. The van der Waals surface area contributed by atoms with E-state index in [0.29, 0.717) is 11.1 Å². The van der Waals surface area contributed by atoms with E-state index in [1.54, 1.807) is 19.1 Å². The second kappa shape index (κ2) is 8.22. The van der Waals surface area contributed by atoms with E-state index in [2.05, 4.69) is 4.72 Å². The number of rotatable bonds is 6. The average molecular weight is 418 g/mol. The van der Waals surface area contributed by atoms with Gasteiger partial charge in [0.1, 0.15) is 10.7 Å². The monoisotopic (exact) mass is 417 g/mol. The Hall–Kier alpha value is -2.54. The summed E-state index contributed by atoms with van der Waals surface area (Å²) in [5, 5.41) is 0.0379. The fraction of sp³-hybridized carbons (Fsp3) is 0.0952.